The molecule has 1 fully saturated rings. The van der Waals surface area contributed by atoms with Crippen molar-refractivity contribution in [3.63, 3.8) is 0 Å². The number of rotatable bonds is 10. The van der Waals surface area contributed by atoms with Gasteiger partial charge in [-0.15, -0.1) is 9.42 Å². The molecule has 0 aliphatic carbocycles. The Bertz CT molecular complexity index is 931. The van der Waals surface area contributed by atoms with E-state index in [-0.39, 0.29) is 17.6 Å². The van der Waals surface area contributed by atoms with Crippen LogP contribution >= 0.6 is 8.25 Å². The number of ether oxygens (including phenoxy) is 1. The lowest BCUT2D eigenvalue weighted by molar-refractivity contribution is 0.145. The highest BCUT2D eigenvalue weighted by Gasteiger charge is 2.30. The minimum Gasteiger partial charge on any atom is -0.494 e. The maximum Gasteiger partial charge on any atom is 0.695 e. The summed E-state index contributed by atoms with van der Waals surface area (Å²) in [6.45, 7) is 9.15. The number of para-hydroxylation sites is 1. The van der Waals surface area contributed by atoms with Crippen molar-refractivity contribution in [3.05, 3.63) is 24.5 Å². The molecule has 9 nitrogen and oxygen atoms in total. The number of fused-ring (bicyclic) bond motifs is 1. The fourth-order valence-corrected chi connectivity index (χ4v) is 4.63. The third-order valence-electron chi connectivity index (χ3n) is 6.42. The summed E-state index contributed by atoms with van der Waals surface area (Å²) in [6, 6.07) is 5.87. The van der Waals surface area contributed by atoms with Crippen LogP contribution in [-0.2, 0) is 9.09 Å². The highest BCUT2D eigenvalue weighted by molar-refractivity contribution is 7.32. The third-order valence-corrected chi connectivity index (χ3v) is 6.90. The quantitative estimate of drug-likeness (QED) is 0.442. The Labute approximate surface area is 197 Å². The molecule has 10 heteroatoms. The zero-order chi connectivity index (χ0) is 24.0. The smallest absolute Gasteiger partial charge is 0.494 e. The van der Waals surface area contributed by atoms with Gasteiger partial charge in [0.2, 0.25) is 0 Å². The standard InChI is InChI=1S/C23H36N5O4P/c1-23(2,3)20(24)14-25-13-17(32-33(29)30)12-16-8-10-28(11-9-16)22-18-6-5-7-19(31-4)21(18)26-15-27-22/h5-7,15-17,20,25H,8-14,24H2,1-4H3/p+1. The van der Waals surface area contributed by atoms with Crippen molar-refractivity contribution in [2.24, 2.45) is 17.1 Å². The van der Waals surface area contributed by atoms with E-state index in [1.54, 1.807) is 13.4 Å². The zero-order valence-corrected chi connectivity index (χ0v) is 20.9. The maximum atomic E-state index is 11.4. The SMILES string of the molecule is COc1cccc2c(N3CCC(CC(CNCC(N)C(C)(C)C)O[P+](=O)O)CC3)ncnc12. The Morgan fingerprint density at radius 3 is 2.64 bits per heavy atom. The van der Waals surface area contributed by atoms with Gasteiger partial charge in [0.15, 0.2) is 0 Å². The molecule has 0 radical (unpaired) electrons. The van der Waals surface area contributed by atoms with Gasteiger partial charge in [0.25, 0.3) is 0 Å². The summed E-state index contributed by atoms with van der Waals surface area (Å²) in [7, 11) is -1.01. The van der Waals surface area contributed by atoms with Crippen LogP contribution in [-0.4, -0.2) is 60.3 Å². The first kappa shape index (κ1) is 25.7. The van der Waals surface area contributed by atoms with E-state index in [1.807, 2.05) is 18.2 Å². The number of nitrogens with two attached hydrogens (primary N) is 1. The van der Waals surface area contributed by atoms with Crippen LogP contribution in [0.2, 0.25) is 0 Å². The second kappa shape index (κ2) is 11.5. The number of piperidine rings is 1. The molecular weight excluding hydrogens is 441 g/mol. The van der Waals surface area contributed by atoms with Crippen LogP contribution in [0.25, 0.3) is 10.9 Å². The number of nitrogens with zero attached hydrogens (tertiary/aromatic N) is 3. The van der Waals surface area contributed by atoms with E-state index in [9.17, 15) is 9.46 Å². The first-order valence-electron chi connectivity index (χ1n) is 11.5. The van der Waals surface area contributed by atoms with E-state index in [0.717, 1.165) is 54.8 Å². The Morgan fingerprint density at radius 1 is 1.27 bits per heavy atom. The van der Waals surface area contributed by atoms with E-state index in [0.29, 0.717) is 19.0 Å². The Kier molecular flexibility index (Phi) is 8.95. The van der Waals surface area contributed by atoms with Gasteiger partial charge in [0.1, 0.15) is 29.5 Å². The van der Waals surface area contributed by atoms with Gasteiger partial charge in [-0.05, 0) is 42.7 Å². The van der Waals surface area contributed by atoms with Crippen molar-refractivity contribution in [1.82, 2.24) is 15.3 Å². The molecule has 1 saturated heterocycles. The van der Waals surface area contributed by atoms with E-state index < -0.39 is 8.25 Å². The average molecular weight is 479 g/mol. The molecule has 3 atom stereocenters. The van der Waals surface area contributed by atoms with Gasteiger partial charge in [-0.3, -0.25) is 0 Å². The predicted octanol–water partition coefficient (Wildman–Crippen LogP) is 3.24. The van der Waals surface area contributed by atoms with Crippen LogP contribution in [0.1, 0.15) is 40.0 Å². The van der Waals surface area contributed by atoms with Crippen LogP contribution in [0.15, 0.2) is 24.5 Å². The lowest BCUT2D eigenvalue weighted by Gasteiger charge is -2.34. The lowest BCUT2D eigenvalue weighted by Crippen LogP contribution is -2.45. The van der Waals surface area contributed by atoms with Gasteiger partial charge in [-0.25, -0.2) is 9.97 Å². The van der Waals surface area contributed by atoms with Crippen LogP contribution in [0.5, 0.6) is 5.75 Å². The molecule has 0 amide bonds. The van der Waals surface area contributed by atoms with Gasteiger partial charge in [-0.2, -0.15) is 0 Å². The molecule has 2 aromatic rings. The molecule has 0 bridgehead atoms. The second-order valence-corrected chi connectivity index (χ2v) is 10.5. The summed E-state index contributed by atoms with van der Waals surface area (Å²) < 4.78 is 22.1. The number of anilines is 1. The second-order valence-electron chi connectivity index (χ2n) is 9.82. The minimum atomic E-state index is -2.65. The van der Waals surface area contributed by atoms with Crippen molar-refractivity contribution in [2.45, 2.75) is 52.2 Å². The molecule has 3 rings (SSSR count). The summed E-state index contributed by atoms with van der Waals surface area (Å²) in [5.41, 5.74) is 7.02. The first-order valence-corrected chi connectivity index (χ1v) is 12.6. The molecule has 0 saturated carbocycles. The zero-order valence-electron chi connectivity index (χ0n) is 20.0. The number of methoxy groups -OCH3 is 1. The van der Waals surface area contributed by atoms with Crippen molar-refractivity contribution < 1.29 is 18.7 Å². The van der Waals surface area contributed by atoms with Crippen molar-refractivity contribution >= 4 is 25.0 Å². The van der Waals surface area contributed by atoms with Crippen molar-refractivity contribution in [2.75, 3.05) is 38.2 Å². The minimum absolute atomic E-state index is 0.00645. The summed E-state index contributed by atoms with van der Waals surface area (Å²) in [5, 5.41) is 4.30. The first-order chi connectivity index (χ1) is 15.7. The average Bonchev–Trinajstić information content (AvgIpc) is 2.77. The summed E-state index contributed by atoms with van der Waals surface area (Å²) in [5.74, 6) is 2.06. The van der Waals surface area contributed by atoms with E-state index in [1.165, 1.54) is 0 Å². The van der Waals surface area contributed by atoms with Gasteiger partial charge >= 0.3 is 8.25 Å². The van der Waals surface area contributed by atoms with Crippen molar-refractivity contribution in [3.8, 4) is 5.75 Å². The van der Waals surface area contributed by atoms with Crippen LogP contribution in [0.3, 0.4) is 0 Å². The fraction of sp³-hybridized carbons (Fsp3) is 0.652. The van der Waals surface area contributed by atoms with Gasteiger partial charge in [0.05, 0.1) is 7.11 Å². The van der Waals surface area contributed by atoms with Gasteiger partial charge in [0, 0.05) is 42.2 Å². The van der Waals surface area contributed by atoms with E-state index >= 15 is 0 Å². The molecule has 1 aromatic heterocycles. The highest BCUT2D eigenvalue weighted by Crippen LogP contribution is 2.33. The topological polar surface area (TPSA) is 123 Å². The predicted molar refractivity (Wildman–Crippen MR) is 131 cm³/mol. The Morgan fingerprint density at radius 2 is 2.00 bits per heavy atom. The molecule has 182 valence electrons. The van der Waals surface area contributed by atoms with Crippen LogP contribution < -0.4 is 20.7 Å². The van der Waals surface area contributed by atoms with E-state index in [4.69, 9.17) is 15.0 Å². The lowest BCUT2D eigenvalue weighted by atomic mass is 9.87. The van der Waals surface area contributed by atoms with Crippen molar-refractivity contribution in [1.29, 1.82) is 0 Å². The van der Waals surface area contributed by atoms with E-state index in [2.05, 4.69) is 41.0 Å². The Hall–Kier alpha value is -1.90. The third kappa shape index (κ3) is 7.04. The molecular formula is C23H37N5O4P+. The molecule has 1 aliphatic rings. The van der Waals surface area contributed by atoms with Gasteiger partial charge in [-0.1, -0.05) is 26.8 Å². The molecule has 33 heavy (non-hydrogen) atoms. The normalized spacial score (nSPS) is 17.8. The number of hydrogen-bond donors (Lipinski definition) is 3. The summed E-state index contributed by atoms with van der Waals surface area (Å²) in [4.78, 5) is 20.6. The molecule has 1 aliphatic heterocycles. The molecule has 4 N–H and O–H groups in total. The highest BCUT2D eigenvalue weighted by atomic mass is 31.1. The Balaban J connectivity index is 1.58. The number of aromatic nitrogens is 2. The number of hydrogen-bond acceptors (Lipinski definition) is 8. The monoisotopic (exact) mass is 478 g/mol. The van der Waals surface area contributed by atoms with Crippen LogP contribution in [0.4, 0.5) is 5.82 Å². The summed E-state index contributed by atoms with van der Waals surface area (Å²) >= 11 is 0. The largest absolute Gasteiger partial charge is 0.695 e. The molecule has 0 spiro atoms. The maximum absolute atomic E-state index is 11.4. The molecule has 1 aromatic carbocycles. The van der Waals surface area contributed by atoms with Gasteiger partial charge < -0.3 is 20.7 Å². The molecule has 3 unspecified atom stereocenters. The summed E-state index contributed by atoms with van der Waals surface area (Å²) in [6.07, 6.45) is 3.90. The number of nitrogens with one attached hydrogen (secondary N) is 1. The fourth-order valence-electron chi connectivity index (χ4n) is 4.21. The van der Waals surface area contributed by atoms with Crippen LogP contribution in [0, 0.1) is 11.3 Å². The molecule has 2 heterocycles. The number of benzene rings is 1.